The van der Waals surface area contributed by atoms with Gasteiger partial charge in [-0.1, -0.05) is 62.2 Å². The molecule has 2 aromatic carbocycles. The number of nitrogens with two attached hydrogens (primary N) is 1. The highest BCUT2D eigenvalue weighted by Crippen LogP contribution is 2.57. The van der Waals surface area contributed by atoms with Gasteiger partial charge < -0.3 is 21.7 Å². The molecule has 0 radical (unpaired) electrons. The molecule has 4 atom stereocenters. The minimum atomic E-state index is -1.37. The van der Waals surface area contributed by atoms with Crippen molar-refractivity contribution < 1.29 is 18.8 Å². The van der Waals surface area contributed by atoms with E-state index >= 15 is 4.39 Å². The van der Waals surface area contributed by atoms with Gasteiger partial charge in [-0.25, -0.2) is 9.37 Å². The number of aromatic nitrogens is 1. The summed E-state index contributed by atoms with van der Waals surface area (Å²) in [5.74, 6) is -3.27. The molecule has 2 aliphatic rings. The monoisotopic (exact) mass is 583 g/mol. The van der Waals surface area contributed by atoms with Crippen LogP contribution in [0.25, 0.3) is 0 Å². The Bertz CT molecular complexity index is 1530. The highest BCUT2D eigenvalue weighted by Gasteiger charge is 2.66. The van der Waals surface area contributed by atoms with Crippen molar-refractivity contribution in [1.29, 1.82) is 0 Å². The molecule has 1 aromatic heterocycles. The lowest BCUT2D eigenvalue weighted by Crippen LogP contribution is -2.49. The van der Waals surface area contributed by atoms with Crippen LogP contribution in [-0.4, -0.2) is 34.8 Å². The van der Waals surface area contributed by atoms with Crippen molar-refractivity contribution in [2.24, 2.45) is 11.1 Å². The number of amides is 3. The number of rotatable bonds is 5. The highest BCUT2D eigenvalue weighted by molar-refractivity contribution is 6.31. The Balaban J connectivity index is 1.69. The normalized spacial score (nSPS) is 23.6. The minimum absolute atomic E-state index is 0.0398. The summed E-state index contributed by atoms with van der Waals surface area (Å²) in [7, 11) is 0. The third kappa shape index (κ3) is 4.72. The summed E-state index contributed by atoms with van der Waals surface area (Å²) in [6, 6.07) is 10.9. The fourth-order valence-electron chi connectivity index (χ4n) is 5.99. The number of nitrogens with zero attached hydrogens (tertiary/aromatic N) is 1. The molecule has 0 bridgehead atoms. The van der Waals surface area contributed by atoms with E-state index in [1.807, 2.05) is 20.8 Å². The number of pyridine rings is 1. The van der Waals surface area contributed by atoms with Crippen molar-refractivity contribution in [2.75, 3.05) is 10.6 Å². The first-order valence-corrected chi connectivity index (χ1v) is 13.5. The summed E-state index contributed by atoms with van der Waals surface area (Å²) in [5.41, 5.74) is 5.26. The van der Waals surface area contributed by atoms with E-state index < -0.39 is 41.0 Å². The first kappa shape index (κ1) is 28.0. The van der Waals surface area contributed by atoms with Gasteiger partial charge in [-0.05, 0) is 53.3 Å². The standard InChI is InChI=1S/C29H28Cl2FN5O3/c1-28(2,3)12-21-29(17-9-7-14(30)11-20(17)36-27(29)40)22(16-5-4-6-18(31)23(16)32)24(37-21)26(39)35-15-8-10-19(25(33)38)34-13-15/h4-11,13,21-22,24,37H,12H2,1-3H3,(H2,33,38)(H,35,39)(H,36,40)/t21-,22-,24+,29+/m0/s1. The van der Waals surface area contributed by atoms with Gasteiger partial charge in [0.1, 0.15) is 16.9 Å². The Hall–Kier alpha value is -3.53. The number of anilines is 2. The van der Waals surface area contributed by atoms with E-state index in [0.717, 1.165) is 0 Å². The number of fused-ring (bicyclic) bond motifs is 2. The van der Waals surface area contributed by atoms with Crippen LogP contribution < -0.4 is 21.7 Å². The number of carbonyl (C=O) groups is 3. The minimum Gasteiger partial charge on any atom is -0.364 e. The number of nitrogens with one attached hydrogen (secondary N) is 3. The number of hydrogen-bond donors (Lipinski definition) is 4. The molecule has 11 heteroatoms. The van der Waals surface area contributed by atoms with Crippen LogP contribution in [0.4, 0.5) is 15.8 Å². The van der Waals surface area contributed by atoms with Crippen molar-refractivity contribution in [3.8, 4) is 0 Å². The van der Waals surface area contributed by atoms with Gasteiger partial charge in [0.05, 0.1) is 22.9 Å². The average molecular weight is 584 g/mol. The van der Waals surface area contributed by atoms with Crippen molar-refractivity contribution in [3.05, 3.63) is 87.4 Å². The van der Waals surface area contributed by atoms with Crippen LogP contribution in [0.1, 0.15) is 54.7 Å². The van der Waals surface area contributed by atoms with E-state index in [9.17, 15) is 14.4 Å². The summed E-state index contributed by atoms with van der Waals surface area (Å²) < 4.78 is 15.8. The van der Waals surface area contributed by atoms with Crippen LogP contribution in [0.2, 0.25) is 10.0 Å². The molecule has 3 amide bonds. The maximum absolute atomic E-state index is 15.8. The van der Waals surface area contributed by atoms with Gasteiger partial charge in [0, 0.05) is 22.7 Å². The van der Waals surface area contributed by atoms with Gasteiger partial charge in [-0.3, -0.25) is 14.4 Å². The number of halogens is 3. The third-order valence-corrected chi connectivity index (χ3v) is 8.03. The summed E-state index contributed by atoms with van der Waals surface area (Å²) in [4.78, 5) is 43.5. The largest absolute Gasteiger partial charge is 0.364 e. The third-order valence-electron chi connectivity index (χ3n) is 7.50. The van der Waals surface area contributed by atoms with Gasteiger partial charge in [-0.15, -0.1) is 0 Å². The fraction of sp³-hybridized carbons (Fsp3) is 0.310. The summed E-state index contributed by atoms with van der Waals surface area (Å²) in [6.07, 6.45) is 1.80. The molecule has 1 fully saturated rings. The molecular formula is C29H28Cl2FN5O3. The molecule has 0 aliphatic carbocycles. The zero-order valence-electron chi connectivity index (χ0n) is 22.0. The van der Waals surface area contributed by atoms with E-state index in [1.165, 1.54) is 24.4 Å². The summed E-state index contributed by atoms with van der Waals surface area (Å²) in [5, 5.41) is 9.45. The number of primary amides is 1. The molecular weight excluding hydrogens is 556 g/mol. The van der Waals surface area contributed by atoms with Gasteiger partial charge in [0.2, 0.25) is 11.8 Å². The Kier molecular flexibility index (Phi) is 7.10. The van der Waals surface area contributed by atoms with Crippen LogP contribution in [0, 0.1) is 11.2 Å². The van der Waals surface area contributed by atoms with E-state index in [-0.39, 0.29) is 27.6 Å². The topological polar surface area (TPSA) is 126 Å². The van der Waals surface area contributed by atoms with Gasteiger partial charge in [0.15, 0.2) is 0 Å². The van der Waals surface area contributed by atoms with E-state index in [1.54, 1.807) is 30.3 Å². The molecule has 3 heterocycles. The van der Waals surface area contributed by atoms with Crippen LogP contribution >= 0.6 is 23.2 Å². The maximum atomic E-state index is 15.8. The molecule has 0 saturated carbocycles. The Morgan fingerprint density at radius 3 is 2.55 bits per heavy atom. The van der Waals surface area contributed by atoms with E-state index in [0.29, 0.717) is 28.4 Å². The van der Waals surface area contributed by atoms with Gasteiger partial charge in [-0.2, -0.15) is 0 Å². The second-order valence-corrected chi connectivity index (χ2v) is 12.2. The Labute approximate surface area is 240 Å². The average Bonchev–Trinajstić information content (AvgIpc) is 3.35. The Morgan fingerprint density at radius 1 is 1.15 bits per heavy atom. The van der Waals surface area contributed by atoms with E-state index in [4.69, 9.17) is 28.9 Å². The van der Waals surface area contributed by atoms with Crippen molar-refractivity contribution in [1.82, 2.24) is 10.3 Å². The molecule has 5 rings (SSSR count). The molecule has 1 saturated heterocycles. The lowest BCUT2D eigenvalue weighted by Gasteiger charge is -2.37. The molecule has 40 heavy (non-hydrogen) atoms. The quantitative estimate of drug-likeness (QED) is 0.335. The van der Waals surface area contributed by atoms with Crippen LogP contribution in [0.15, 0.2) is 54.7 Å². The molecule has 2 aliphatic heterocycles. The zero-order valence-corrected chi connectivity index (χ0v) is 23.5. The molecule has 5 N–H and O–H groups in total. The molecule has 208 valence electrons. The van der Waals surface area contributed by atoms with Crippen LogP contribution in [0.3, 0.4) is 0 Å². The number of benzene rings is 2. The van der Waals surface area contributed by atoms with Crippen molar-refractivity contribution >= 4 is 52.3 Å². The predicted octanol–water partition coefficient (Wildman–Crippen LogP) is 5.02. The number of hydrogen-bond acceptors (Lipinski definition) is 5. The van der Waals surface area contributed by atoms with Gasteiger partial charge in [0.25, 0.3) is 5.91 Å². The molecule has 3 aromatic rings. The Morgan fingerprint density at radius 2 is 1.90 bits per heavy atom. The zero-order chi connectivity index (χ0) is 29.0. The molecule has 0 unspecified atom stereocenters. The van der Waals surface area contributed by atoms with Crippen molar-refractivity contribution in [2.45, 2.75) is 50.6 Å². The van der Waals surface area contributed by atoms with Gasteiger partial charge >= 0.3 is 0 Å². The predicted molar refractivity (Wildman–Crippen MR) is 152 cm³/mol. The smallest absolute Gasteiger partial charge is 0.267 e. The first-order chi connectivity index (χ1) is 18.8. The molecule has 1 spiro atoms. The maximum Gasteiger partial charge on any atom is 0.267 e. The highest BCUT2D eigenvalue weighted by atomic mass is 35.5. The van der Waals surface area contributed by atoms with Crippen molar-refractivity contribution in [3.63, 3.8) is 0 Å². The molecule has 8 nitrogen and oxygen atoms in total. The van der Waals surface area contributed by atoms with E-state index in [2.05, 4.69) is 20.9 Å². The summed E-state index contributed by atoms with van der Waals surface area (Å²) >= 11 is 12.5. The second-order valence-electron chi connectivity index (χ2n) is 11.4. The van der Waals surface area contributed by atoms with Crippen LogP contribution in [0.5, 0.6) is 0 Å². The lowest BCUT2D eigenvalue weighted by molar-refractivity contribution is -0.122. The fourth-order valence-corrected chi connectivity index (χ4v) is 6.34. The SMILES string of the molecule is CC(C)(C)C[C@@H]1N[C@@H](C(=O)Nc2ccc(C(N)=O)nc2)[C@H](c2cccc(Cl)c2F)[C@]12C(=O)Nc1cc(Cl)ccc12. The van der Waals surface area contributed by atoms with Crippen LogP contribution in [-0.2, 0) is 15.0 Å². The first-order valence-electron chi connectivity index (χ1n) is 12.7. The lowest BCUT2D eigenvalue weighted by atomic mass is 9.62. The second kappa shape index (κ2) is 10.1. The number of carbonyl (C=O) groups excluding carboxylic acids is 3. The summed E-state index contributed by atoms with van der Waals surface area (Å²) in [6.45, 7) is 6.10.